The maximum absolute atomic E-state index is 12.2. The quantitative estimate of drug-likeness (QED) is 0.705. The molecule has 100 valence electrons. The van der Waals surface area contributed by atoms with E-state index in [1.807, 2.05) is 0 Å². The number of benzene rings is 1. The lowest BCUT2D eigenvalue weighted by molar-refractivity contribution is 0.102. The van der Waals surface area contributed by atoms with E-state index in [2.05, 4.69) is 31.3 Å². The largest absolute Gasteiger partial charge is 0.398 e. The average molecular weight is 332 g/mol. The van der Waals surface area contributed by atoms with Gasteiger partial charge < -0.3 is 11.1 Å². The summed E-state index contributed by atoms with van der Waals surface area (Å²) in [4.78, 5) is 16.2. The normalized spacial score (nSPS) is 10.7. The van der Waals surface area contributed by atoms with Crippen LogP contribution in [-0.4, -0.2) is 20.5 Å². The molecule has 6 nitrogen and oxygen atoms in total. The standard InChI is InChI=1S/C13H10BrN5O/c14-10-2-1-8(5-11(10)15)18-13(20)9-6-17-19-4-3-16-7-12(9)19/h1-7H,15H2,(H,18,20). The highest BCUT2D eigenvalue weighted by atomic mass is 79.9. The van der Waals surface area contributed by atoms with Crippen LogP contribution in [0, 0.1) is 0 Å². The van der Waals surface area contributed by atoms with E-state index in [-0.39, 0.29) is 5.91 Å². The minimum atomic E-state index is -0.255. The summed E-state index contributed by atoms with van der Waals surface area (Å²) in [5.41, 5.74) is 8.07. The Morgan fingerprint density at radius 2 is 2.20 bits per heavy atom. The zero-order valence-electron chi connectivity index (χ0n) is 10.2. The lowest BCUT2D eigenvalue weighted by Crippen LogP contribution is -2.11. The Balaban J connectivity index is 1.91. The Hall–Kier alpha value is -2.41. The second kappa shape index (κ2) is 4.93. The monoisotopic (exact) mass is 331 g/mol. The lowest BCUT2D eigenvalue weighted by Gasteiger charge is -2.06. The fourth-order valence-electron chi connectivity index (χ4n) is 1.83. The van der Waals surface area contributed by atoms with E-state index in [0.717, 1.165) is 4.47 Å². The number of nitrogen functional groups attached to an aromatic ring is 1. The number of halogens is 1. The van der Waals surface area contributed by atoms with Crippen LogP contribution in [0.25, 0.3) is 5.52 Å². The maximum Gasteiger partial charge on any atom is 0.259 e. The van der Waals surface area contributed by atoms with Crippen molar-refractivity contribution in [2.75, 3.05) is 11.1 Å². The number of anilines is 2. The highest BCUT2D eigenvalue weighted by Crippen LogP contribution is 2.23. The molecule has 2 aromatic heterocycles. The van der Waals surface area contributed by atoms with Crippen LogP contribution in [-0.2, 0) is 0 Å². The molecule has 0 radical (unpaired) electrons. The number of hydrogen-bond donors (Lipinski definition) is 2. The first-order chi connectivity index (χ1) is 9.65. The molecule has 0 fully saturated rings. The lowest BCUT2D eigenvalue weighted by atomic mass is 10.2. The van der Waals surface area contributed by atoms with Gasteiger partial charge in [-0.1, -0.05) is 0 Å². The predicted octanol–water partition coefficient (Wildman–Crippen LogP) is 2.33. The van der Waals surface area contributed by atoms with Crippen molar-refractivity contribution in [1.29, 1.82) is 0 Å². The molecular formula is C13H10BrN5O. The fourth-order valence-corrected chi connectivity index (χ4v) is 2.08. The molecule has 0 atom stereocenters. The molecule has 3 N–H and O–H groups in total. The Labute approximate surface area is 122 Å². The Kier molecular flexibility index (Phi) is 3.11. The summed E-state index contributed by atoms with van der Waals surface area (Å²) in [5.74, 6) is -0.255. The molecule has 0 saturated carbocycles. The van der Waals surface area contributed by atoms with Crippen molar-refractivity contribution in [3.05, 3.63) is 53.0 Å². The number of aromatic nitrogens is 3. The van der Waals surface area contributed by atoms with Crippen LogP contribution in [0.3, 0.4) is 0 Å². The Morgan fingerprint density at radius 1 is 1.35 bits per heavy atom. The van der Waals surface area contributed by atoms with Crippen molar-refractivity contribution < 1.29 is 4.79 Å². The Morgan fingerprint density at radius 3 is 3.00 bits per heavy atom. The molecule has 20 heavy (non-hydrogen) atoms. The van der Waals surface area contributed by atoms with E-state index in [0.29, 0.717) is 22.5 Å². The number of carbonyl (C=O) groups excluding carboxylic acids is 1. The predicted molar refractivity (Wildman–Crippen MR) is 79.5 cm³/mol. The molecule has 0 aliphatic carbocycles. The van der Waals surface area contributed by atoms with Crippen LogP contribution in [0.2, 0.25) is 0 Å². The van der Waals surface area contributed by atoms with E-state index in [1.165, 1.54) is 6.20 Å². The van der Waals surface area contributed by atoms with Crippen molar-refractivity contribution in [2.24, 2.45) is 0 Å². The summed E-state index contributed by atoms with van der Waals surface area (Å²) in [6.45, 7) is 0. The van der Waals surface area contributed by atoms with E-state index < -0.39 is 0 Å². The van der Waals surface area contributed by atoms with Gasteiger partial charge in [0.25, 0.3) is 5.91 Å². The third-order valence-electron chi connectivity index (χ3n) is 2.82. The zero-order valence-corrected chi connectivity index (χ0v) is 11.8. The zero-order chi connectivity index (χ0) is 14.1. The van der Waals surface area contributed by atoms with Crippen molar-refractivity contribution in [2.45, 2.75) is 0 Å². The van der Waals surface area contributed by atoms with Crippen molar-refractivity contribution in [3.63, 3.8) is 0 Å². The van der Waals surface area contributed by atoms with Gasteiger partial charge >= 0.3 is 0 Å². The van der Waals surface area contributed by atoms with E-state index in [4.69, 9.17) is 5.73 Å². The summed E-state index contributed by atoms with van der Waals surface area (Å²) in [7, 11) is 0. The van der Waals surface area contributed by atoms with Gasteiger partial charge in [0, 0.05) is 28.2 Å². The molecule has 2 heterocycles. The first kappa shape index (κ1) is 12.6. The SMILES string of the molecule is Nc1cc(NC(=O)c2cnn3ccncc23)ccc1Br. The summed E-state index contributed by atoms with van der Waals surface area (Å²) >= 11 is 3.31. The maximum atomic E-state index is 12.2. The molecule has 0 bridgehead atoms. The topological polar surface area (TPSA) is 85.3 Å². The van der Waals surface area contributed by atoms with Gasteiger partial charge in [0.05, 0.1) is 23.5 Å². The van der Waals surface area contributed by atoms with E-state index in [9.17, 15) is 4.79 Å². The Bertz CT molecular complexity index is 798. The number of nitrogens with two attached hydrogens (primary N) is 1. The van der Waals surface area contributed by atoms with Crippen LogP contribution in [0.15, 0.2) is 47.5 Å². The molecule has 0 aliphatic rings. The molecule has 1 aromatic carbocycles. The van der Waals surface area contributed by atoms with Gasteiger partial charge in [0.1, 0.15) is 0 Å². The third kappa shape index (κ3) is 2.23. The minimum absolute atomic E-state index is 0.255. The summed E-state index contributed by atoms with van der Waals surface area (Å²) in [5, 5.41) is 6.88. The number of nitrogens with one attached hydrogen (secondary N) is 1. The molecule has 0 spiro atoms. The van der Waals surface area contributed by atoms with Crippen LogP contribution >= 0.6 is 15.9 Å². The highest BCUT2D eigenvalue weighted by Gasteiger charge is 2.13. The van der Waals surface area contributed by atoms with Gasteiger partial charge in [-0.05, 0) is 34.1 Å². The first-order valence-corrected chi connectivity index (χ1v) is 6.58. The van der Waals surface area contributed by atoms with Crippen molar-refractivity contribution >= 4 is 38.7 Å². The highest BCUT2D eigenvalue weighted by molar-refractivity contribution is 9.10. The van der Waals surface area contributed by atoms with Crippen molar-refractivity contribution in [1.82, 2.24) is 14.6 Å². The van der Waals surface area contributed by atoms with Gasteiger partial charge in [-0.25, -0.2) is 4.52 Å². The fraction of sp³-hybridized carbons (Fsp3) is 0. The number of nitrogens with zero attached hydrogens (tertiary/aromatic N) is 3. The summed E-state index contributed by atoms with van der Waals surface area (Å²) < 4.78 is 2.38. The molecule has 1 amide bonds. The minimum Gasteiger partial charge on any atom is -0.398 e. The molecule has 3 rings (SSSR count). The number of fused-ring (bicyclic) bond motifs is 1. The number of amides is 1. The van der Waals surface area contributed by atoms with Crippen LogP contribution in [0.1, 0.15) is 10.4 Å². The number of hydrogen-bond acceptors (Lipinski definition) is 4. The van der Waals surface area contributed by atoms with E-state index in [1.54, 1.807) is 41.3 Å². The number of carbonyl (C=O) groups is 1. The van der Waals surface area contributed by atoms with Crippen LogP contribution in [0.5, 0.6) is 0 Å². The average Bonchev–Trinajstić information content (AvgIpc) is 2.87. The third-order valence-corrected chi connectivity index (χ3v) is 3.55. The van der Waals surface area contributed by atoms with Crippen LogP contribution < -0.4 is 11.1 Å². The summed E-state index contributed by atoms with van der Waals surface area (Å²) in [6, 6.07) is 5.23. The molecule has 0 saturated heterocycles. The second-order valence-electron chi connectivity index (χ2n) is 4.15. The van der Waals surface area contributed by atoms with Crippen molar-refractivity contribution in [3.8, 4) is 0 Å². The second-order valence-corrected chi connectivity index (χ2v) is 5.01. The van der Waals surface area contributed by atoms with Gasteiger partial charge in [0.15, 0.2) is 0 Å². The summed E-state index contributed by atoms with van der Waals surface area (Å²) in [6.07, 6.45) is 6.40. The number of rotatable bonds is 2. The molecule has 3 aromatic rings. The van der Waals surface area contributed by atoms with E-state index >= 15 is 0 Å². The molecular weight excluding hydrogens is 322 g/mol. The van der Waals surface area contributed by atoms with Gasteiger partial charge in [-0.15, -0.1) is 0 Å². The van der Waals surface area contributed by atoms with Gasteiger partial charge in [0.2, 0.25) is 0 Å². The van der Waals surface area contributed by atoms with Crippen LogP contribution in [0.4, 0.5) is 11.4 Å². The molecule has 7 heteroatoms. The van der Waals surface area contributed by atoms with Gasteiger partial charge in [-0.2, -0.15) is 5.10 Å². The molecule has 0 aliphatic heterocycles. The molecule has 0 unspecified atom stereocenters. The van der Waals surface area contributed by atoms with Gasteiger partial charge in [-0.3, -0.25) is 9.78 Å². The smallest absolute Gasteiger partial charge is 0.259 e. The first-order valence-electron chi connectivity index (χ1n) is 5.79.